The van der Waals surface area contributed by atoms with Gasteiger partial charge in [0, 0.05) is 6.07 Å². The second kappa shape index (κ2) is 6.26. The molecule has 0 saturated carbocycles. The maximum Gasteiger partial charge on any atom is 0.260 e. The highest BCUT2D eigenvalue weighted by Gasteiger charge is 2.18. The van der Waals surface area contributed by atoms with Gasteiger partial charge in [-0.25, -0.2) is 0 Å². The third kappa shape index (κ3) is 3.37. The van der Waals surface area contributed by atoms with E-state index in [1.165, 1.54) is 0 Å². The molecule has 5 nitrogen and oxygen atoms in total. The predicted molar refractivity (Wildman–Crippen MR) is 66.7 cm³/mol. The van der Waals surface area contributed by atoms with Crippen LogP contribution >= 0.6 is 0 Å². The van der Waals surface area contributed by atoms with Gasteiger partial charge in [-0.3, -0.25) is 4.79 Å². The molecular formula is C13H19N2O3+. The van der Waals surface area contributed by atoms with Crippen LogP contribution in [0.3, 0.4) is 0 Å². The Kier molecular flexibility index (Phi) is 4.41. The van der Waals surface area contributed by atoms with Crippen molar-refractivity contribution >= 4 is 5.91 Å². The summed E-state index contributed by atoms with van der Waals surface area (Å²) in [5.74, 6) is 1.43. The van der Waals surface area contributed by atoms with E-state index in [4.69, 9.17) is 9.47 Å². The Bertz CT molecular complexity index is 403. The van der Waals surface area contributed by atoms with Crippen LogP contribution in [0.2, 0.25) is 0 Å². The van der Waals surface area contributed by atoms with Gasteiger partial charge >= 0.3 is 0 Å². The van der Waals surface area contributed by atoms with Crippen molar-refractivity contribution in [3.05, 3.63) is 24.3 Å². The number of methoxy groups -OCH3 is 1. The molecule has 1 heterocycles. The molecule has 0 atom stereocenters. The van der Waals surface area contributed by atoms with E-state index in [-0.39, 0.29) is 12.5 Å². The number of quaternary nitrogens is 1. The van der Waals surface area contributed by atoms with Gasteiger partial charge in [-0.2, -0.15) is 0 Å². The van der Waals surface area contributed by atoms with Crippen molar-refractivity contribution in [2.75, 3.05) is 39.9 Å². The van der Waals surface area contributed by atoms with Crippen LogP contribution in [0.4, 0.5) is 0 Å². The first-order valence-corrected chi connectivity index (χ1v) is 6.16. The molecule has 1 aliphatic rings. The van der Waals surface area contributed by atoms with E-state index in [1.54, 1.807) is 13.2 Å². The standard InChI is InChI=1S/C13H18N2O3/c1-17-11-3-2-4-12(9-11)18-10-13(16)15-7-5-14-6-8-15/h2-4,9,14H,5-8,10H2,1H3/p+1. The lowest BCUT2D eigenvalue weighted by atomic mass is 10.3. The van der Waals surface area contributed by atoms with Gasteiger partial charge in [0.2, 0.25) is 0 Å². The molecule has 0 spiro atoms. The van der Waals surface area contributed by atoms with E-state index in [1.807, 2.05) is 23.1 Å². The molecule has 18 heavy (non-hydrogen) atoms. The largest absolute Gasteiger partial charge is 0.497 e. The number of hydrogen-bond donors (Lipinski definition) is 1. The molecule has 0 radical (unpaired) electrons. The monoisotopic (exact) mass is 251 g/mol. The van der Waals surface area contributed by atoms with Crippen molar-refractivity contribution in [1.82, 2.24) is 4.90 Å². The fraction of sp³-hybridized carbons (Fsp3) is 0.462. The first-order valence-electron chi connectivity index (χ1n) is 6.16. The number of ether oxygens (including phenoxy) is 2. The number of benzene rings is 1. The third-order valence-electron chi connectivity index (χ3n) is 2.96. The van der Waals surface area contributed by atoms with Crippen LogP contribution in [-0.2, 0) is 4.79 Å². The van der Waals surface area contributed by atoms with Crippen LogP contribution in [0.25, 0.3) is 0 Å². The van der Waals surface area contributed by atoms with Crippen molar-refractivity contribution in [3.8, 4) is 11.5 Å². The molecule has 0 unspecified atom stereocenters. The van der Waals surface area contributed by atoms with Crippen LogP contribution < -0.4 is 14.8 Å². The van der Waals surface area contributed by atoms with Crippen LogP contribution in [-0.4, -0.2) is 50.7 Å². The highest BCUT2D eigenvalue weighted by molar-refractivity contribution is 5.77. The predicted octanol–water partition coefficient (Wildman–Crippen LogP) is -0.520. The van der Waals surface area contributed by atoms with E-state index < -0.39 is 0 Å². The minimum absolute atomic E-state index is 0.0471. The number of rotatable bonds is 4. The Balaban J connectivity index is 1.84. The van der Waals surface area contributed by atoms with Crippen LogP contribution in [0.1, 0.15) is 0 Å². The number of piperazine rings is 1. The lowest BCUT2D eigenvalue weighted by Crippen LogP contribution is -2.90. The highest BCUT2D eigenvalue weighted by Crippen LogP contribution is 2.18. The molecule has 1 aromatic rings. The summed E-state index contributed by atoms with van der Waals surface area (Å²) >= 11 is 0. The second-order valence-electron chi connectivity index (χ2n) is 4.21. The van der Waals surface area contributed by atoms with Gasteiger partial charge in [-0.1, -0.05) is 6.07 Å². The van der Waals surface area contributed by atoms with Gasteiger partial charge in [0.25, 0.3) is 5.91 Å². The Morgan fingerprint density at radius 2 is 2.06 bits per heavy atom. The highest BCUT2D eigenvalue weighted by atomic mass is 16.5. The maximum absolute atomic E-state index is 11.9. The fourth-order valence-corrected chi connectivity index (χ4v) is 1.93. The number of hydrogen-bond acceptors (Lipinski definition) is 3. The zero-order chi connectivity index (χ0) is 12.8. The van der Waals surface area contributed by atoms with Crippen molar-refractivity contribution in [1.29, 1.82) is 0 Å². The first-order chi connectivity index (χ1) is 8.79. The normalized spacial score (nSPS) is 15.3. The average Bonchev–Trinajstić information content (AvgIpc) is 2.46. The number of amides is 1. The summed E-state index contributed by atoms with van der Waals surface area (Å²) in [7, 11) is 1.61. The Hall–Kier alpha value is -1.75. The van der Waals surface area contributed by atoms with Gasteiger partial charge in [0.15, 0.2) is 6.61 Å². The van der Waals surface area contributed by atoms with E-state index in [2.05, 4.69) is 5.32 Å². The van der Waals surface area contributed by atoms with Gasteiger partial charge < -0.3 is 19.7 Å². The molecule has 0 aliphatic carbocycles. The molecular weight excluding hydrogens is 232 g/mol. The fourth-order valence-electron chi connectivity index (χ4n) is 1.93. The molecule has 2 rings (SSSR count). The molecule has 1 aliphatic heterocycles. The van der Waals surface area contributed by atoms with Crippen LogP contribution in [0.15, 0.2) is 24.3 Å². The quantitative estimate of drug-likeness (QED) is 0.783. The minimum atomic E-state index is 0.0471. The lowest BCUT2D eigenvalue weighted by molar-refractivity contribution is -0.662. The van der Waals surface area contributed by atoms with E-state index in [0.717, 1.165) is 31.9 Å². The molecule has 5 heteroatoms. The SMILES string of the molecule is COc1cccc(OCC(=O)N2CC[NH2+]CC2)c1. The number of nitrogens with two attached hydrogens (primary N) is 1. The summed E-state index contributed by atoms with van der Waals surface area (Å²) in [6.45, 7) is 3.66. The maximum atomic E-state index is 11.9. The van der Waals surface area contributed by atoms with Crippen LogP contribution in [0, 0.1) is 0 Å². The summed E-state index contributed by atoms with van der Waals surface area (Å²) in [5.41, 5.74) is 0. The minimum Gasteiger partial charge on any atom is -0.497 e. The lowest BCUT2D eigenvalue weighted by Gasteiger charge is -2.25. The molecule has 2 N–H and O–H groups in total. The summed E-state index contributed by atoms with van der Waals surface area (Å²) in [6, 6.07) is 7.28. The smallest absolute Gasteiger partial charge is 0.260 e. The van der Waals surface area contributed by atoms with E-state index >= 15 is 0 Å². The zero-order valence-electron chi connectivity index (χ0n) is 10.6. The van der Waals surface area contributed by atoms with Crippen molar-refractivity contribution in [2.45, 2.75) is 0 Å². The summed E-state index contributed by atoms with van der Waals surface area (Å²) < 4.78 is 10.6. The van der Waals surface area contributed by atoms with Gasteiger partial charge in [-0.15, -0.1) is 0 Å². The zero-order valence-corrected chi connectivity index (χ0v) is 10.6. The van der Waals surface area contributed by atoms with E-state index in [0.29, 0.717) is 5.75 Å². The summed E-state index contributed by atoms with van der Waals surface area (Å²) in [4.78, 5) is 13.7. The average molecular weight is 251 g/mol. The number of nitrogens with zero attached hydrogens (tertiary/aromatic N) is 1. The molecule has 1 aromatic carbocycles. The van der Waals surface area contributed by atoms with Crippen molar-refractivity contribution in [2.24, 2.45) is 0 Å². The van der Waals surface area contributed by atoms with E-state index in [9.17, 15) is 4.79 Å². The second-order valence-corrected chi connectivity index (χ2v) is 4.21. The molecule has 1 fully saturated rings. The first kappa shape index (κ1) is 12.7. The Labute approximate surface area is 107 Å². The van der Waals surface area contributed by atoms with Gasteiger partial charge in [0.05, 0.1) is 33.3 Å². The molecule has 0 bridgehead atoms. The summed E-state index contributed by atoms with van der Waals surface area (Å²) in [5, 5.41) is 2.21. The van der Waals surface area contributed by atoms with Crippen molar-refractivity contribution in [3.63, 3.8) is 0 Å². The number of carbonyl (C=O) groups is 1. The molecule has 1 saturated heterocycles. The Morgan fingerprint density at radius 1 is 1.33 bits per heavy atom. The number of carbonyl (C=O) groups excluding carboxylic acids is 1. The molecule has 98 valence electrons. The Morgan fingerprint density at radius 3 is 2.78 bits per heavy atom. The topological polar surface area (TPSA) is 55.4 Å². The van der Waals surface area contributed by atoms with Crippen molar-refractivity contribution < 1.29 is 19.6 Å². The van der Waals surface area contributed by atoms with Gasteiger partial charge in [0.1, 0.15) is 11.5 Å². The van der Waals surface area contributed by atoms with Crippen LogP contribution in [0.5, 0.6) is 11.5 Å². The summed E-state index contributed by atoms with van der Waals surface area (Å²) in [6.07, 6.45) is 0. The third-order valence-corrected chi connectivity index (χ3v) is 2.96. The van der Waals surface area contributed by atoms with Gasteiger partial charge in [-0.05, 0) is 12.1 Å². The molecule has 0 aromatic heterocycles. The molecule has 1 amide bonds.